The highest BCUT2D eigenvalue weighted by molar-refractivity contribution is 14.0. The van der Waals surface area contributed by atoms with Gasteiger partial charge in [-0.1, -0.05) is 27.7 Å². The molecule has 3 atom stereocenters. The highest BCUT2D eigenvalue weighted by Crippen LogP contribution is 2.28. The Bertz CT molecular complexity index is 289. The van der Waals surface area contributed by atoms with Crippen LogP contribution in [0, 0.1) is 11.3 Å². The number of halogens is 1. The van der Waals surface area contributed by atoms with Gasteiger partial charge in [0.05, 0.1) is 12.6 Å². The van der Waals surface area contributed by atoms with E-state index in [1.54, 1.807) is 7.11 Å². The molecule has 5 heteroatoms. The lowest BCUT2D eigenvalue weighted by molar-refractivity contribution is 0.0241. The highest BCUT2D eigenvalue weighted by Gasteiger charge is 2.33. The normalized spacial score (nSPS) is 24.4. The summed E-state index contributed by atoms with van der Waals surface area (Å²) in [6.45, 7) is 12.5. The molecule has 0 aromatic carbocycles. The second-order valence-electron chi connectivity index (χ2n) is 6.27. The van der Waals surface area contributed by atoms with Gasteiger partial charge in [0.25, 0.3) is 0 Å². The van der Waals surface area contributed by atoms with Crippen LogP contribution in [0.25, 0.3) is 0 Å². The molecule has 114 valence electrons. The average molecular weight is 383 g/mol. The summed E-state index contributed by atoms with van der Waals surface area (Å²) in [6.07, 6.45) is 1.39. The average Bonchev–Trinajstić information content (AvgIpc) is 2.93. The largest absolute Gasteiger partial charge is 0.379 e. The molecular weight excluding hydrogens is 353 g/mol. The topological polar surface area (TPSA) is 45.7 Å². The van der Waals surface area contributed by atoms with Gasteiger partial charge in [-0.15, -0.1) is 24.0 Å². The van der Waals surface area contributed by atoms with Crippen LogP contribution in [-0.4, -0.2) is 38.3 Å². The van der Waals surface area contributed by atoms with Crippen LogP contribution in [0.3, 0.4) is 0 Å². The summed E-state index contributed by atoms with van der Waals surface area (Å²) < 4.78 is 5.52. The monoisotopic (exact) mass is 383 g/mol. The number of guanidine groups is 1. The van der Waals surface area contributed by atoms with E-state index in [-0.39, 0.29) is 35.5 Å². The number of methoxy groups -OCH3 is 1. The van der Waals surface area contributed by atoms with Crippen LogP contribution in [-0.2, 0) is 4.74 Å². The number of nitrogens with one attached hydrogen (secondary N) is 2. The van der Waals surface area contributed by atoms with Crippen molar-refractivity contribution < 1.29 is 4.74 Å². The summed E-state index contributed by atoms with van der Waals surface area (Å²) in [5.41, 5.74) is 0.114. The number of rotatable bonds is 5. The molecule has 0 saturated heterocycles. The van der Waals surface area contributed by atoms with E-state index in [9.17, 15) is 0 Å². The molecule has 0 spiro atoms. The van der Waals surface area contributed by atoms with Crippen LogP contribution in [0.2, 0.25) is 0 Å². The Labute approximate surface area is 135 Å². The minimum absolute atomic E-state index is 0. The van der Waals surface area contributed by atoms with Crippen molar-refractivity contribution in [3.05, 3.63) is 0 Å². The third-order valence-electron chi connectivity index (χ3n) is 3.44. The zero-order valence-corrected chi connectivity index (χ0v) is 15.4. The van der Waals surface area contributed by atoms with Crippen molar-refractivity contribution in [2.24, 2.45) is 16.3 Å². The Morgan fingerprint density at radius 1 is 1.42 bits per heavy atom. The molecule has 19 heavy (non-hydrogen) atoms. The lowest BCUT2D eigenvalue weighted by Gasteiger charge is -2.28. The first kappa shape index (κ1) is 19.0. The van der Waals surface area contributed by atoms with Gasteiger partial charge in [-0.25, -0.2) is 0 Å². The number of aliphatic imine (C=N–C) groups is 1. The minimum Gasteiger partial charge on any atom is -0.379 e. The summed E-state index contributed by atoms with van der Waals surface area (Å²) in [5.74, 6) is 1.69. The standard InChI is InChI=1S/C14H29N3O.HI/c1-7-15-13(17-11-8-10(11)2)16-9-12(18-6)14(3,4)5;/h10-12H,7-9H2,1-6H3,(H2,15,16,17);1H. The molecule has 4 nitrogen and oxygen atoms in total. The molecule has 1 rings (SSSR count). The third kappa shape index (κ3) is 6.79. The molecule has 1 aliphatic rings. The summed E-state index contributed by atoms with van der Waals surface area (Å²) in [6, 6.07) is 0.596. The summed E-state index contributed by atoms with van der Waals surface area (Å²) in [5, 5.41) is 6.74. The fourth-order valence-corrected chi connectivity index (χ4v) is 1.89. The van der Waals surface area contributed by atoms with Gasteiger partial charge in [0.2, 0.25) is 0 Å². The van der Waals surface area contributed by atoms with Crippen LogP contribution < -0.4 is 10.6 Å². The quantitative estimate of drug-likeness (QED) is 0.436. The molecule has 0 heterocycles. The van der Waals surface area contributed by atoms with Crippen molar-refractivity contribution in [2.45, 2.75) is 53.2 Å². The maximum absolute atomic E-state index is 5.52. The fourth-order valence-electron chi connectivity index (χ4n) is 1.89. The Morgan fingerprint density at radius 2 is 2.00 bits per heavy atom. The second kappa shape index (κ2) is 8.29. The minimum atomic E-state index is 0. The smallest absolute Gasteiger partial charge is 0.191 e. The number of nitrogens with zero attached hydrogens (tertiary/aromatic N) is 1. The van der Waals surface area contributed by atoms with Crippen LogP contribution in [0.1, 0.15) is 41.0 Å². The molecule has 3 unspecified atom stereocenters. The van der Waals surface area contributed by atoms with Gasteiger partial charge in [0.1, 0.15) is 0 Å². The molecule has 1 fully saturated rings. The van der Waals surface area contributed by atoms with Gasteiger partial charge in [-0.05, 0) is 24.7 Å². The van der Waals surface area contributed by atoms with Crippen molar-refractivity contribution in [3.8, 4) is 0 Å². The second-order valence-corrected chi connectivity index (χ2v) is 6.27. The summed E-state index contributed by atoms with van der Waals surface area (Å²) in [7, 11) is 1.76. The first-order valence-electron chi connectivity index (χ1n) is 6.96. The molecule has 2 N–H and O–H groups in total. The van der Waals surface area contributed by atoms with Crippen LogP contribution in [0.4, 0.5) is 0 Å². The predicted molar refractivity (Wildman–Crippen MR) is 92.4 cm³/mol. The van der Waals surface area contributed by atoms with E-state index < -0.39 is 0 Å². The van der Waals surface area contributed by atoms with Gasteiger partial charge < -0.3 is 15.4 Å². The van der Waals surface area contributed by atoms with E-state index in [0.29, 0.717) is 12.6 Å². The Morgan fingerprint density at radius 3 is 2.37 bits per heavy atom. The van der Waals surface area contributed by atoms with Gasteiger partial charge >= 0.3 is 0 Å². The van der Waals surface area contributed by atoms with Gasteiger partial charge in [-0.2, -0.15) is 0 Å². The lowest BCUT2D eigenvalue weighted by atomic mass is 9.89. The van der Waals surface area contributed by atoms with E-state index in [2.05, 4.69) is 50.2 Å². The molecule has 0 aromatic rings. The molecule has 0 amide bonds. The van der Waals surface area contributed by atoms with Crippen LogP contribution in [0.5, 0.6) is 0 Å². The van der Waals surface area contributed by atoms with Gasteiger partial charge in [0.15, 0.2) is 5.96 Å². The molecular formula is C14H30IN3O. The summed E-state index contributed by atoms with van der Waals surface area (Å²) >= 11 is 0. The van der Waals surface area contributed by atoms with Crippen molar-refractivity contribution in [2.75, 3.05) is 20.2 Å². The predicted octanol–water partition coefficient (Wildman–Crippen LogP) is 2.63. The fraction of sp³-hybridized carbons (Fsp3) is 0.929. The summed E-state index contributed by atoms with van der Waals surface area (Å²) in [4.78, 5) is 4.64. The van der Waals surface area contributed by atoms with Gasteiger partial charge in [0, 0.05) is 19.7 Å². The van der Waals surface area contributed by atoms with E-state index in [4.69, 9.17) is 4.74 Å². The van der Waals surface area contributed by atoms with Crippen molar-refractivity contribution in [3.63, 3.8) is 0 Å². The van der Waals surface area contributed by atoms with Crippen LogP contribution in [0.15, 0.2) is 4.99 Å². The molecule has 0 bridgehead atoms. The van der Waals surface area contributed by atoms with E-state index in [0.717, 1.165) is 18.4 Å². The van der Waals surface area contributed by atoms with Crippen LogP contribution >= 0.6 is 24.0 Å². The van der Waals surface area contributed by atoms with Gasteiger partial charge in [-0.3, -0.25) is 4.99 Å². The zero-order chi connectivity index (χ0) is 13.8. The Balaban J connectivity index is 0.00000324. The molecule has 0 radical (unpaired) electrons. The molecule has 0 aromatic heterocycles. The third-order valence-corrected chi connectivity index (χ3v) is 3.44. The maximum atomic E-state index is 5.52. The Hall–Kier alpha value is -0.0400. The highest BCUT2D eigenvalue weighted by atomic mass is 127. The zero-order valence-electron chi connectivity index (χ0n) is 13.1. The number of ether oxygens (including phenoxy) is 1. The van der Waals surface area contributed by atoms with Crippen molar-refractivity contribution >= 4 is 29.9 Å². The lowest BCUT2D eigenvalue weighted by Crippen LogP contribution is -2.40. The molecule has 1 saturated carbocycles. The van der Waals surface area contributed by atoms with E-state index >= 15 is 0 Å². The molecule has 1 aliphatic carbocycles. The molecule has 0 aliphatic heterocycles. The number of hydrogen-bond donors (Lipinski definition) is 2. The van der Waals surface area contributed by atoms with E-state index in [1.807, 2.05) is 0 Å². The van der Waals surface area contributed by atoms with Crippen molar-refractivity contribution in [1.82, 2.24) is 10.6 Å². The number of hydrogen-bond acceptors (Lipinski definition) is 2. The van der Waals surface area contributed by atoms with Crippen molar-refractivity contribution in [1.29, 1.82) is 0 Å². The maximum Gasteiger partial charge on any atom is 0.191 e. The van der Waals surface area contributed by atoms with E-state index in [1.165, 1.54) is 6.42 Å². The Kier molecular flexibility index (Phi) is 8.27. The first-order chi connectivity index (χ1) is 8.38. The first-order valence-corrected chi connectivity index (χ1v) is 6.96. The SMILES string of the molecule is CCNC(=NCC(OC)C(C)(C)C)NC1CC1C.I.